The second-order valence-corrected chi connectivity index (χ2v) is 9.56. The molecule has 3 heterocycles. The summed E-state index contributed by atoms with van der Waals surface area (Å²) in [6.07, 6.45) is 11.8. The van der Waals surface area contributed by atoms with Gasteiger partial charge in [-0.15, -0.1) is 6.42 Å². The topological polar surface area (TPSA) is 89.5 Å². The first-order chi connectivity index (χ1) is 17.5. The number of carbonyl (C=O) groups is 1. The van der Waals surface area contributed by atoms with Crippen molar-refractivity contribution in [2.45, 2.75) is 31.7 Å². The van der Waals surface area contributed by atoms with E-state index in [0.717, 1.165) is 57.5 Å². The zero-order valence-corrected chi connectivity index (χ0v) is 20.9. The van der Waals surface area contributed by atoms with Crippen molar-refractivity contribution in [3.63, 3.8) is 0 Å². The Hall–Kier alpha value is -3.90. The highest BCUT2D eigenvalue weighted by molar-refractivity contribution is 5.93. The third-order valence-corrected chi connectivity index (χ3v) is 7.03. The molecule has 5 rings (SSSR count). The second-order valence-electron chi connectivity index (χ2n) is 9.56. The van der Waals surface area contributed by atoms with Gasteiger partial charge >= 0.3 is 6.03 Å². The van der Waals surface area contributed by atoms with E-state index in [1.807, 2.05) is 12.1 Å². The van der Waals surface area contributed by atoms with E-state index >= 15 is 0 Å². The molecule has 2 aliphatic rings. The maximum Gasteiger partial charge on any atom is 0.323 e. The van der Waals surface area contributed by atoms with Crippen LogP contribution in [0.25, 0.3) is 11.0 Å². The molecule has 2 N–H and O–H groups in total. The normalized spacial score (nSPS) is 16.6. The van der Waals surface area contributed by atoms with Crippen LogP contribution in [0.4, 0.5) is 27.9 Å². The summed E-state index contributed by atoms with van der Waals surface area (Å²) in [5.41, 5.74) is 3.12. The molecule has 0 atom stereocenters. The van der Waals surface area contributed by atoms with E-state index < -0.39 is 0 Å². The molecule has 2 amide bonds. The fraction of sp³-hybridized carbons (Fsp3) is 0.407. The highest BCUT2D eigenvalue weighted by atomic mass is 16.2. The Morgan fingerprint density at radius 3 is 2.53 bits per heavy atom. The number of nitrogens with zero attached hydrogens (tertiary/aromatic N) is 6. The third-order valence-electron chi connectivity index (χ3n) is 7.03. The smallest absolute Gasteiger partial charge is 0.323 e. The molecule has 1 saturated carbocycles. The monoisotopic (exact) mass is 484 g/mol. The summed E-state index contributed by atoms with van der Waals surface area (Å²) in [5.74, 6) is 3.55. The number of fused-ring (bicyclic) bond motifs is 1. The Morgan fingerprint density at radius 2 is 1.83 bits per heavy atom. The van der Waals surface area contributed by atoms with E-state index in [1.165, 1.54) is 10.6 Å². The van der Waals surface area contributed by atoms with Crippen LogP contribution in [0.1, 0.15) is 31.2 Å². The van der Waals surface area contributed by atoms with Crippen LogP contribution in [0, 0.1) is 12.3 Å². The maximum atomic E-state index is 12.8. The first-order valence-corrected chi connectivity index (χ1v) is 12.5. The fourth-order valence-corrected chi connectivity index (χ4v) is 4.74. The molecule has 3 aromatic rings. The van der Waals surface area contributed by atoms with Crippen LogP contribution in [0.5, 0.6) is 0 Å². The van der Waals surface area contributed by atoms with E-state index in [4.69, 9.17) is 6.42 Å². The van der Waals surface area contributed by atoms with Gasteiger partial charge in [-0.1, -0.05) is 18.8 Å². The molecule has 0 spiro atoms. The Bertz CT molecular complexity index is 1270. The number of hydrogen-bond acceptors (Lipinski definition) is 7. The second kappa shape index (κ2) is 10.4. The van der Waals surface area contributed by atoms with E-state index in [9.17, 15) is 4.79 Å². The van der Waals surface area contributed by atoms with Gasteiger partial charge in [0.1, 0.15) is 5.82 Å². The van der Waals surface area contributed by atoms with Gasteiger partial charge in [0.05, 0.1) is 5.39 Å². The summed E-state index contributed by atoms with van der Waals surface area (Å²) in [6, 6.07) is 10.0. The van der Waals surface area contributed by atoms with Gasteiger partial charge < -0.3 is 20.4 Å². The highest BCUT2D eigenvalue weighted by Crippen LogP contribution is 2.25. The van der Waals surface area contributed by atoms with Gasteiger partial charge in [0.2, 0.25) is 5.95 Å². The van der Waals surface area contributed by atoms with Crippen molar-refractivity contribution in [3.05, 3.63) is 42.1 Å². The number of hydrogen-bond donors (Lipinski definition) is 2. The van der Waals surface area contributed by atoms with Crippen molar-refractivity contribution < 1.29 is 4.79 Å². The lowest BCUT2D eigenvalue weighted by atomic mass is 10.2. The lowest BCUT2D eigenvalue weighted by Gasteiger charge is -2.34. The maximum absolute atomic E-state index is 12.8. The van der Waals surface area contributed by atoms with Crippen LogP contribution >= 0.6 is 0 Å². The Kier molecular flexibility index (Phi) is 6.87. The van der Waals surface area contributed by atoms with Gasteiger partial charge in [-0.05, 0) is 50.2 Å². The zero-order valence-electron chi connectivity index (χ0n) is 20.9. The Balaban J connectivity index is 1.33. The van der Waals surface area contributed by atoms with Gasteiger partial charge in [0.25, 0.3) is 0 Å². The number of anilines is 4. The number of likely N-dealkylation sites (N-methyl/N-ethyl adjacent to an activating group) is 1. The van der Waals surface area contributed by atoms with E-state index in [-0.39, 0.29) is 12.1 Å². The molecule has 0 bridgehead atoms. The molecular weight excluding hydrogens is 452 g/mol. The van der Waals surface area contributed by atoms with Crippen LogP contribution < -0.4 is 20.4 Å². The van der Waals surface area contributed by atoms with Crippen molar-refractivity contribution in [2.75, 3.05) is 55.4 Å². The van der Waals surface area contributed by atoms with Gasteiger partial charge in [-0.2, -0.15) is 4.98 Å². The van der Waals surface area contributed by atoms with Crippen LogP contribution in [-0.4, -0.2) is 72.2 Å². The standard InChI is InChI=1S/C27H32N8O/c1-4-19-17-24(34(3)27(36)30-20-7-5-6-8-20)31-25-23(19)18-28-26(32-25)29-21-9-11-22(12-10-21)35-15-13-33(2)14-16-35/h1,9-12,17-18,20H,5-8,13-16H2,2-3H3,(H,30,36)(H,28,29,31,32). The molecule has 36 heavy (non-hydrogen) atoms. The summed E-state index contributed by atoms with van der Waals surface area (Å²) in [7, 11) is 3.85. The largest absolute Gasteiger partial charge is 0.369 e. The number of aromatic nitrogens is 3. The van der Waals surface area contributed by atoms with Crippen molar-refractivity contribution in [1.29, 1.82) is 0 Å². The minimum Gasteiger partial charge on any atom is -0.369 e. The van der Waals surface area contributed by atoms with Gasteiger partial charge in [-0.25, -0.2) is 14.8 Å². The predicted molar refractivity (Wildman–Crippen MR) is 144 cm³/mol. The first kappa shape index (κ1) is 23.8. The molecule has 2 fully saturated rings. The van der Waals surface area contributed by atoms with Gasteiger partial charge in [0.15, 0.2) is 5.65 Å². The lowest BCUT2D eigenvalue weighted by Crippen LogP contribution is -2.44. The SMILES string of the molecule is C#Cc1cc(N(C)C(=O)NC2CCCC2)nc2nc(Nc3ccc(N4CCN(C)CC4)cc3)ncc12. The Morgan fingerprint density at radius 1 is 1.11 bits per heavy atom. The number of piperazine rings is 1. The first-order valence-electron chi connectivity index (χ1n) is 12.5. The van der Waals surface area contributed by atoms with Gasteiger partial charge in [-0.3, -0.25) is 4.90 Å². The van der Waals surface area contributed by atoms with Crippen LogP contribution in [0.15, 0.2) is 36.5 Å². The number of pyridine rings is 1. The number of urea groups is 1. The molecule has 9 nitrogen and oxygen atoms in total. The number of benzene rings is 1. The molecule has 1 saturated heterocycles. The molecule has 2 aromatic heterocycles. The van der Waals surface area contributed by atoms with Crippen LogP contribution in [0.2, 0.25) is 0 Å². The molecular formula is C27H32N8O. The van der Waals surface area contributed by atoms with Crippen molar-refractivity contribution in [3.8, 4) is 12.3 Å². The van der Waals surface area contributed by atoms with E-state index in [0.29, 0.717) is 28.4 Å². The summed E-state index contributed by atoms with van der Waals surface area (Å²) in [4.78, 5) is 32.7. The van der Waals surface area contributed by atoms with Crippen LogP contribution in [-0.2, 0) is 0 Å². The zero-order chi connectivity index (χ0) is 25.1. The quantitative estimate of drug-likeness (QED) is 0.535. The number of amides is 2. The van der Waals surface area contributed by atoms with Crippen molar-refractivity contribution in [2.24, 2.45) is 0 Å². The Labute approximate surface area is 211 Å². The average molecular weight is 485 g/mol. The molecule has 1 aromatic carbocycles. The summed E-state index contributed by atoms with van der Waals surface area (Å²) < 4.78 is 0. The summed E-state index contributed by atoms with van der Waals surface area (Å²) in [5, 5.41) is 7.01. The molecule has 1 aliphatic heterocycles. The van der Waals surface area contributed by atoms with Gasteiger partial charge in [0, 0.05) is 62.4 Å². The fourth-order valence-electron chi connectivity index (χ4n) is 4.74. The van der Waals surface area contributed by atoms with Crippen LogP contribution in [0.3, 0.4) is 0 Å². The van der Waals surface area contributed by atoms with Crippen molar-refractivity contribution in [1.82, 2.24) is 25.2 Å². The lowest BCUT2D eigenvalue weighted by molar-refractivity contribution is 0.243. The summed E-state index contributed by atoms with van der Waals surface area (Å²) >= 11 is 0. The molecule has 0 radical (unpaired) electrons. The number of nitrogens with one attached hydrogen (secondary N) is 2. The third kappa shape index (κ3) is 5.19. The van der Waals surface area contributed by atoms with E-state index in [2.05, 4.69) is 60.5 Å². The summed E-state index contributed by atoms with van der Waals surface area (Å²) in [6.45, 7) is 4.18. The predicted octanol–water partition coefficient (Wildman–Crippen LogP) is 3.59. The average Bonchev–Trinajstić information content (AvgIpc) is 3.41. The number of carbonyl (C=O) groups excluding carboxylic acids is 1. The minimum absolute atomic E-state index is 0.190. The molecule has 0 unspecified atom stereocenters. The minimum atomic E-state index is -0.190. The van der Waals surface area contributed by atoms with E-state index in [1.54, 1.807) is 19.3 Å². The molecule has 9 heteroatoms. The molecule has 186 valence electrons. The van der Waals surface area contributed by atoms with Crippen molar-refractivity contribution >= 4 is 40.2 Å². The number of terminal acetylenes is 1. The highest BCUT2D eigenvalue weighted by Gasteiger charge is 2.21. The molecule has 1 aliphatic carbocycles. The number of rotatable bonds is 5.